The molecular formula is C81H158O17P2. The third kappa shape index (κ3) is 73.0. The van der Waals surface area contributed by atoms with Crippen molar-refractivity contribution in [2.75, 3.05) is 39.6 Å². The van der Waals surface area contributed by atoms with Gasteiger partial charge in [-0.25, -0.2) is 9.13 Å². The van der Waals surface area contributed by atoms with E-state index in [0.29, 0.717) is 25.7 Å². The van der Waals surface area contributed by atoms with Crippen molar-refractivity contribution in [3.8, 4) is 0 Å². The maximum Gasteiger partial charge on any atom is 0.472 e. The Labute approximate surface area is 613 Å². The Balaban J connectivity index is 5.23. The molecule has 3 unspecified atom stereocenters. The number of phosphoric acid groups is 2. The van der Waals surface area contributed by atoms with Gasteiger partial charge in [0.25, 0.3) is 0 Å². The molecule has 0 saturated heterocycles. The molecule has 0 aliphatic carbocycles. The van der Waals surface area contributed by atoms with E-state index in [1.807, 2.05) is 0 Å². The maximum atomic E-state index is 13.1. The average molecular weight is 1470 g/mol. The Kier molecular flexibility index (Phi) is 71.2. The van der Waals surface area contributed by atoms with Gasteiger partial charge in [0.15, 0.2) is 12.2 Å². The molecule has 0 radical (unpaired) electrons. The summed E-state index contributed by atoms with van der Waals surface area (Å²) in [6, 6.07) is 0. The van der Waals surface area contributed by atoms with Crippen LogP contribution < -0.4 is 0 Å². The molecule has 0 fully saturated rings. The summed E-state index contributed by atoms with van der Waals surface area (Å²) in [5.74, 6) is -0.558. The highest BCUT2D eigenvalue weighted by atomic mass is 31.2. The highest BCUT2D eigenvalue weighted by Gasteiger charge is 2.30. The van der Waals surface area contributed by atoms with Crippen LogP contribution in [0.25, 0.3) is 0 Å². The molecule has 3 N–H and O–H groups in total. The predicted octanol–water partition coefficient (Wildman–Crippen LogP) is 24.3. The number of esters is 4. The second-order valence-electron chi connectivity index (χ2n) is 29.9. The van der Waals surface area contributed by atoms with Crippen LogP contribution in [0.5, 0.6) is 0 Å². The van der Waals surface area contributed by atoms with Crippen LogP contribution in [0.1, 0.15) is 427 Å². The molecule has 17 nitrogen and oxygen atoms in total. The molecule has 0 aromatic carbocycles. The highest BCUT2D eigenvalue weighted by molar-refractivity contribution is 7.47. The monoisotopic (exact) mass is 1470 g/mol. The number of aliphatic hydroxyl groups excluding tert-OH is 1. The largest absolute Gasteiger partial charge is 0.472 e. The fraction of sp³-hybridized carbons (Fsp3) is 0.951. The average Bonchev–Trinajstić information content (AvgIpc) is 1.49. The minimum Gasteiger partial charge on any atom is -0.462 e. The molecule has 0 heterocycles. The lowest BCUT2D eigenvalue weighted by atomic mass is 9.99. The van der Waals surface area contributed by atoms with E-state index < -0.39 is 97.5 Å². The number of unbranched alkanes of at least 4 members (excludes halogenated alkanes) is 49. The zero-order valence-corrected chi connectivity index (χ0v) is 67.3. The molecule has 0 rings (SSSR count). The van der Waals surface area contributed by atoms with Crippen LogP contribution in [0.3, 0.4) is 0 Å². The molecule has 0 bridgehead atoms. The second kappa shape index (κ2) is 72.6. The molecule has 0 aliphatic rings. The minimum atomic E-state index is -4.96. The van der Waals surface area contributed by atoms with Crippen molar-refractivity contribution in [3.63, 3.8) is 0 Å². The number of hydrogen-bond donors (Lipinski definition) is 3. The third-order valence-electron chi connectivity index (χ3n) is 19.3. The van der Waals surface area contributed by atoms with E-state index >= 15 is 0 Å². The van der Waals surface area contributed by atoms with Gasteiger partial charge >= 0.3 is 39.5 Å². The second-order valence-corrected chi connectivity index (χ2v) is 32.8. The molecule has 0 aromatic rings. The zero-order chi connectivity index (χ0) is 73.5. The van der Waals surface area contributed by atoms with Crippen molar-refractivity contribution in [3.05, 3.63) is 0 Å². The first-order chi connectivity index (χ1) is 48.4. The molecule has 6 atom stereocenters. The van der Waals surface area contributed by atoms with Crippen LogP contribution in [0.4, 0.5) is 0 Å². The van der Waals surface area contributed by atoms with Gasteiger partial charge in [-0.15, -0.1) is 0 Å². The molecular weight excluding hydrogens is 1310 g/mol. The molecule has 19 heteroatoms. The molecule has 594 valence electrons. The summed E-state index contributed by atoms with van der Waals surface area (Å²) in [5.41, 5.74) is 0. The number of ether oxygens (including phenoxy) is 4. The maximum absolute atomic E-state index is 13.1. The van der Waals surface area contributed by atoms with E-state index in [1.165, 1.54) is 244 Å². The Morgan fingerprint density at radius 2 is 0.510 bits per heavy atom. The Bertz CT molecular complexity index is 1930. The number of hydrogen-bond acceptors (Lipinski definition) is 15. The van der Waals surface area contributed by atoms with Crippen molar-refractivity contribution in [2.24, 2.45) is 11.8 Å². The Morgan fingerprint density at radius 1 is 0.290 bits per heavy atom. The molecule has 0 aliphatic heterocycles. The standard InChI is InChI=1S/C81H158O17P2/c1-7-10-12-14-16-18-20-22-23-24-25-26-27-28-29-30-36-40-47-53-59-65-80(85)97-76(69-91-79(84)64-58-52-46-39-35-32-31-33-37-43-49-55-61-73(4)5)71-95-99(87,88)93-67-75(82)68-94-100(89,90)96-72-77(98-81(86)66-60-54-48-42-41-44-50-56-62-74(6)9-3)70-92-78(83)63-57-51-45-38-34-21-19-17-15-13-11-8-2/h73-77,82H,7-72H2,1-6H3,(H,87,88)(H,89,90)/t74?,75-,76-,77-/m1/s1. The molecule has 0 saturated carbocycles. The van der Waals surface area contributed by atoms with Crippen LogP contribution in [0.15, 0.2) is 0 Å². The van der Waals surface area contributed by atoms with Gasteiger partial charge in [-0.2, -0.15) is 0 Å². The summed E-state index contributed by atoms with van der Waals surface area (Å²) in [4.78, 5) is 73.0. The lowest BCUT2D eigenvalue weighted by Crippen LogP contribution is -2.30. The van der Waals surface area contributed by atoms with Crippen LogP contribution in [0.2, 0.25) is 0 Å². The number of rotatable bonds is 80. The van der Waals surface area contributed by atoms with Crippen molar-refractivity contribution in [1.29, 1.82) is 0 Å². The summed E-state index contributed by atoms with van der Waals surface area (Å²) in [6.45, 7) is 9.64. The molecule has 0 aromatic heterocycles. The third-order valence-corrected chi connectivity index (χ3v) is 21.2. The minimum absolute atomic E-state index is 0.106. The number of carbonyl (C=O) groups excluding carboxylic acids is 4. The lowest BCUT2D eigenvalue weighted by molar-refractivity contribution is -0.161. The van der Waals surface area contributed by atoms with E-state index in [-0.39, 0.29) is 25.7 Å². The lowest BCUT2D eigenvalue weighted by Gasteiger charge is -2.21. The number of aliphatic hydroxyl groups is 1. The van der Waals surface area contributed by atoms with Gasteiger partial charge in [0.1, 0.15) is 19.3 Å². The molecule has 100 heavy (non-hydrogen) atoms. The van der Waals surface area contributed by atoms with Gasteiger partial charge in [-0.1, -0.05) is 375 Å². The first-order valence-corrected chi connectivity index (χ1v) is 45.0. The normalized spacial score (nSPS) is 14.2. The number of phosphoric ester groups is 2. The number of carbonyl (C=O) groups is 4. The van der Waals surface area contributed by atoms with Crippen molar-refractivity contribution >= 4 is 39.5 Å². The van der Waals surface area contributed by atoms with Gasteiger partial charge in [-0.3, -0.25) is 37.3 Å². The van der Waals surface area contributed by atoms with Crippen LogP contribution in [-0.4, -0.2) is 96.7 Å². The predicted molar refractivity (Wildman–Crippen MR) is 409 cm³/mol. The molecule has 0 spiro atoms. The van der Waals surface area contributed by atoms with Crippen LogP contribution in [-0.2, 0) is 65.4 Å². The quantitative estimate of drug-likeness (QED) is 0.0222. The summed E-state index contributed by atoms with van der Waals surface area (Å²) in [7, 11) is -9.92. The van der Waals surface area contributed by atoms with Gasteiger partial charge in [0.2, 0.25) is 0 Å². The Hall–Kier alpha value is -1.94. The van der Waals surface area contributed by atoms with E-state index in [4.69, 9.17) is 37.0 Å². The van der Waals surface area contributed by atoms with E-state index in [9.17, 15) is 43.2 Å². The van der Waals surface area contributed by atoms with Gasteiger partial charge in [-0.05, 0) is 37.5 Å². The summed E-state index contributed by atoms with van der Waals surface area (Å²) in [6.07, 6.45) is 62.4. The summed E-state index contributed by atoms with van der Waals surface area (Å²) >= 11 is 0. The van der Waals surface area contributed by atoms with E-state index in [1.54, 1.807) is 0 Å². The van der Waals surface area contributed by atoms with E-state index in [2.05, 4.69) is 41.5 Å². The first-order valence-electron chi connectivity index (χ1n) is 42.0. The van der Waals surface area contributed by atoms with E-state index in [0.717, 1.165) is 102 Å². The van der Waals surface area contributed by atoms with Gasteiger partial charge in [0, 0.05) is 25.7 Å². The molecule has 0 amide bonds. The Morgan fingerprint density at radius 3 is 0.760 bits per heavy atom. The van der Waals surface area contributed by atoms with Crippen LogP contribution in [0, 0.1) is 11.8 Å². The highest BCUT2D eigenvalue weighted by Crippen LogP contribution is 2.45. The smallest absolute Gasteiger partial charge is 0.462 e. The summed E-state index contributed by atoms with van der Waals surface area (Å²) < 4.78 is 68.7. The first kappa shape index (κ1) is 98.1. The van der Waals surface area contributed by atoms with Crippen molar-refractivity contribution in [2.45, 2.75) is 445 Å². The zero-order valence-electron chi connectivity index (χ0n) is 65.5. The topological polar surface area (TPSA) is 237 Å². The summed E-state index contributed by atoms with van der Waals surface area (Å²) in [5, 5.41) is 10.6. The SMILES string of the molecule is CCCCCCCCCCCCCCCCCCCCCCCC(=O)O[C@H](COC(=O)CCCCCCCCCCCCCCC(C)C)COP(=O)(O)OC[C@@H](O)COP(=O)(O)OC[C@@H](COC(=O)CCCCCCCCCCCCCC)OC(=O)CCCCCCCCCCC(C)CC. The van der Waals surface area contributed by atoms with Crippen LogP contribution >= 0.6 is 15.6 Å². The van der Waals surface area contributed by atoms with Gasteiger partial charge < -0.3 is 33.8 Å². The van der Waals surface area contributed by atoms with Gasteiger partial charge in [0.05, 0.1) is 26.4 Å². The fourth-order valence-electron chi connectivity index (χ4n) is 12.5. The fourth-order valence-corrected chi connectivity index (χ4v) is 14.1. The van der Waals surface area contributed by atoms with Crippen molar-refractivity contribution in [1.82, 2.24) is 0 Å². The van der Waals surface area contributed by atoms with Crippen molar-refractivity contribution < 1.29 is 80.2 Å².